The van der Waals surface area contributed by atoms with E-state index in [9.17, 15) is 5.26 Å². The highest BCUT2D eigenvalue weighted by Crippen LogP contribution is 2.47. The van der Waals surface area contributed by atoms with Crippen LogP contribution in [-0.2, 0) is 13.5 Å². The average Bonchev–Trinajstić information content (AvgIpc) is 2.59. The zero-order valence-electron chi connectivity index (χ0n) is 12.3. The number of hydrogen-bond acceptors (Lipinski definition) is 2. The van der Waals surface area contributed by atoms with Crippen molar-refractivity contribution in [2.45, 2.75) is 52.9 Å². The van der Waals surface area contributed by atoms with Gasteiger partial charge in [0.25, 0.3) is 0 Å². The Balaban J connectivity index is 2.23. The Bertz CT molecular complexity index is 512. The van der Waals surface area contributed by atoms with Gasteiger partial charge in [0.15, 0.2) is 0 Å². The van der Waals surface area contributed by atoms with Crippen molar-refractivity contribution in [1.29, 1.82) is 5.26 Å². The molecule has 0 radical (unpaired) electrons. The van der Waals surface area contributed by atoms with Gasteiger partial charge >= 0.3 is 0 Å². The second-order valence-electron chi connectivity index (χ2n) is 6.71. The van der Waals surface area contributed by atoms with Crippen molar-refractivity contribution in [2.75, 3.05) is 0 Å². The van der Waals surface area contributed by atoms with E-state index in [4.69, 9.17) is 11.6 Å². The number of nitriles is 1. The third kappa shape index (κ3) is 2.79. The molecule has 1 aliphatic rings. The molecule has 0 aromatic carbocycles. The summed E-state index contributed by atoms with van der Waals surface area (Å²) in [4.78, 5) is 0. The fourth-order valence-corrected chi connectivity index (χ4v) is 3.19. The summed E-state index contributed by atoms with van der Waals surface area (Å²) in [6, 6.07) is 2.57. The van der Waals surface area contributed by atoms with Crippen LogP contribution in [0, 0.1) is 29.1 Å². The molecule has 104 valence electrons. The lowest BCUT2D eigenvalue weighted by Gasteiger charge is -2.39. The van der Waals surface area contributed by atoms with E-state index < -0.39 is 0 Å². The minimum atomic E-state index is -0.257. The standard InChI is InChI=1S/C15H22ClN3/c1-11-12(13(16)19(4)18-11)9-15(10-17)7-5-14(2,3)6-8-15/h5-9H2,1-4H3. The first kappa shape index (κ1) is 14.4. The molecule has 1 aromatic rings. The molecular formula is C15H22ClN3. The molecule has 1 fully saturated rings. The summed E-state index contributed by atoms with van der Waals surface area (Å²) in [7, 11) is 1.85. The van der Waals surface area contributed by atoms with Crippen LogP contribution in [0.4, 0.5) is 0 Å². The number of halogens is 1. The highest BCUT2D eigenvalue weighted by Gasteiger charge is 2.39. The highest BCUT2D eigenvalue weighted by molar-refractivity contribution is 6.30. The molecule has 0 amide bonds. The van der Waals surface area contributed by atoms with E-state index in [1.165, 1.54) is 0 Å². The molecule has 4 heteroatoms. The van der Waals surface area contributed by atoms with Gasteiger partial charge in [-0.3, -0.25) is 4.68 Å². The van der Waals surface area contributed by atoms with Crippen molar-refractivity contribution in [3.8, 4) is 6.07 Å². The van der Waals surface area contributed by atoms with Gasteiger partial charge in [0.05, 0.1) is 17.2 Å². The van der Waals surface area contributed by atoms with E-state index in [1.54, 1.807) is 4.68 Å². The molecule has 0 atom stereocenters. The van der Waals surface area contributed by atoms with Crippen molar-refractivity contribution < 1.29 is 0 Å². The molecule has 0 bridgehead atoms. The van der Waals surface area contributed by atoms with E-state index in [2.05, 4.69) is 25.0 Å². The minimum Gasteiger partial charge on any atom is -0.257 e. The third-order valence-corrected chi connectivity index (χ3v) is 5.06. The fraction of sp³-hybridized carbons (Fsp3) is 0.733. The van der Waals surface area contributed by atoms with E-state index >= 15 is 0 Å². The fourth-order valence-electron chi connectivity index (χ4n) is 2.95. The predicted molar refractivity (Wildman–Crippen MR) is 77.0 cm³/mol. The van der Waals surface area contributed by atoms with Crippen LogP contribution in [0.5, 0.6) is 0 Å². The monoisotopic (exact) mass is 279 g/mol. The summed E-state index contributed by atoms with van der Waals surface area (Å²) < 4.78 is 1.70. The average molecular weight is 280 g/mol. The molecule has 1 aromatic heterocycles. The minimum absolute atomic E-state index is 0.257. The molecule has 1 aliphatic carbocycles. The first-order valence-electron chi connectivity index (χ1n) is 6.88. The quantitative estimate of drug-likeness (QED) is 0.820. The molecule has 19 heavy (non-hydrogen) atoms. The Morgan fingerprint density at radius 1 is 1.32 bits per heavy atom. The molecule has 0 spiro atoms. The number of hydrogen-bond donors (Lipinski definition) is 0. The first-order chi connectivity index (χ1) is 8.79. The van der Waals surface area contributed by atoms with Crippen molar-refractivity contribution in [3.05, 3.63) is 16.4 Å². The van der Waals surface area contributed by atoms with Crippen molar-refractivity contribution in [3.63, 3.8) is 0 Å². The van der Waals surface area contributed by atoms with Crippen molar-refractivity contribution >= 4 is 11.6 Å². The largest absolute Gasteiger partial charge is 0.257 e. The van der Waals surface area contributed by atoms with Gasteiger partial charge in [0.2, 0.25) is 0 Å². The Morgan fingerprint density at radius 2 is 1.89 bits per heavy atom. The molecule has 1 saturated carbocycles. The number of rotatable bonds is 2. The zero-order chi connectivity index (χ0) is 14.3. The van der Waals surface area contributed by atoms with E-state index in [0.717, 1.165) is 43.4 Å². The number of nitrogens with zero attached hydrogens (tertiary/aromatic N) is 3. The molecule has 0 aliphatic heterocycles. The van der Waals surface area contributed by atoms with Crippen LogP contribution in [0.25, 0.3) is 0 Å². The van der Waals surface area contributed by atoms with Gasteiger partial charge in [-0.05, 0) is 44.4 Å². The third-order valence-electron chi connectivity index (χ3n) is 4.58. The van der Waals surface area contributed by atoms with Crippen molar-refractivity contribution in [2.24, 2.45) is 17.9 Å². The van der Waals surface area contributed by atoms with Gasteiger partial charge in [-0.15, -0.1) is 0 Å². The molecule has 0 N–H and O–H groups in total. The Labute approximate surface area is 120 Å². The Morgan fingerprint density at radius 3 is 2.32 bits per heavy atom. The van der Waals surface area contributed by atoms with Gasteiger partial charge < -0.3 is 0 Å². The van der Waals surface area contributed by atoms with E-state index in [0.29, 0.717) is 10.6 Å². The van der Waals surface area contributed by atoms with Crippen LogP contribution in [0.3, 0.4) is 0 Å². The number of aryl methyl sites for hydroxylation is 2. The van der Waals surface area contributed by atoms with Gasteiger partial charge in [-0.1, -0.05) is 25.4 Å². The highest BCUT2D eigenvalue weighted by atomic mass is 35.5. The van der Waals surface area contributed by atoms with Gasteiger partial charge in [0.1, 0.15) is 5.15 Å². The lowest BCUT2D eigenvalue weighted by atomic mass is 9.64. The number of aromatic nitrogens is 2. The van der Waals surface area contributed by atoms with Crippen LogP contribution >= 0.6 is 11.6 Å². The van der Waals surface area contributed by atoms with Crippen LogP contribution < -0.4 is 0 Å². The molecular weight excluding hydrogens is 258 g/mol. The van der Waals surface area contributed by atoms with Gasteiger partial charge in [0, 0.05) is 12.6 Å². The summed E-state index contributed by atoms with van der Waals surface area (Å²) >= 11 is 6.30. The normalized spacial score (nSPS) is 21.1. The predicted octanol–water partition coefficient (Wildman–Crippen LogP) is 4.03. The summed E-state index contributed by atoms with van der Waals surface area (Å²) in [5.41, 5.74) is 2.11. The van der Waals surface area contributed by atoms with E-state index in [-0.39, 0.29) is 5.41 Å². The maximum atomic E-state index is 9.64. The zero-order valence-corrected chi connectivity index (χ0v) is 13.0. The summed E-state index contributed by atoms with van der Waals surface area (Å²) in [6.07, 6.45) is 4.87. The molecule has 1 heterocycles. The van der Waals surface area contributed by atoms with Gasteiger partial charge in [-0.25, -0.2) is 0 Å². The Kier molecular flexibility index (Phi) is 3.66. The summed E-state index contributed by atoms with van der Waals surface area (Å²) in [5, 5.41) is 14.7. The molecule has 0 saturated heterocycles. The SMILES string of the molecule is Cc1nn(C)c(Cl)c1CC1(C#N)CCC(C)(C)CC1. The molecule has 0 unspecified atom stereocenters. The Hall–Kier alpha value is -1.01. The molecule has 2 rings (SSSR count). The maximum Gasteiger partial charge on any atom is 0.130 e. The summed E-state index contributed by atoms with van der Waals surface area (Å²) in [5.74, 6) is 0. The maximum absolute atomic E-state index is 9.64. The first-order valence-corrected chi connectivity index (χ1v) is 7.26. The second-order valence-corrected chi connectivity index (χ2v) is 7.07. The van der Waals surface area contributed by atoms with Crippen molar-refractivity contribution in [1.82, 2.24) is 9.78 Å². The van der Waals surface area contributed by atoms with Crippen LogP contribution in [0.2, 0.25) is 5.15 Å². The van der Waals surface area contributed by atoms with Crippen LogP contribution in [0.15, 0.2) is 0 Å². The van der Waals surface area contributed by atoms with E-state index in [1.807, 2.05) is 14.0 Å². The second kappa shape index (κ2) is 4.83. The van der Waals surface area contributed by atoms with Crippen LogP contribution in [-0.4, -0.2) is 9.78 Å². The van der Waals surface area contributed by atoms with Crippen LogP contribution in [0.1, 0.15) is 50.8 Å². The lowest BCUT2D eigenvalue weighted by molar-refractivity contribution is 0.146. The smallest absolute Gasteiger partial charge is 0.130 e. The topological polar surface area (TPSA) is 41.6 Å². The molecule has 3 nitrogen and oxygen atoms in total. The summed E-state index contributed by atoms with van der Waals surface area (Å²) in [6.45, 7) is 6.55. The lowest BCUT2D eigenvalue weighted by Crippen LogP contribution is -2.32. The van der Waals surface area contributed by atoms with Gasteiger partial charge in [-0.2, -0.15) is 10.4 Å².